The molecule has 0 bridgehead atoms. The van der Waals surface area contributed by atoms with Crippen LogP contribution in [0.25, 0.3) is 0 Å². The van der Waals surface area contributed by atoms with Crippen molar-refractivity contribution in [3.05, 3.63) is 12.1 Å². The highest BCUT2D eigenvalue weighted by atomic mass is 16.5. The minimum absolute atomic E-state index is 0.125. The molecule has 0 aromatic carbocycles. The van der Waals surface area contributed by atoms with E-state index in [9.17, 15) is 5.11 Å². The molecule has 0 amide bonds. The summed E-state index contributed by atoms with van der Waals surface area (Å²) in [5.41, 5.74) is 6.23. The molecule has 106 valence electrons. The lowest BCUT2D eigenvalue weighted by Gasteiger charge is -2.22. The van der Waals surface area contributed by atoms with Crippen LogP contribution >= 0.6 is 0 Å². The smallest absolute Gasteiger partial charge is 0.239 e. The number of nitrogens with one attached hydrogen (secondary N) is 1. The van der Waals surface area contributed by atoms with Gasteiger partial charge in [-0.2, -0.15) is 4.98 Å². The Balaban J connectivity index is 1.94. The van der Waals surface area contributed by atoms with E-state index in [1.165, 1.54) is 12.8 Å². The minimum atomic E-state index is -0.182. The first-order valence-corrected chi connectivity index (χ1v) is 6.74. The zero-order valence-electron chi connectivity index (χ0n) is 11.6. The zero-order chi connectivity index (χ0) is 13.9. The van der Waals surface area contributed by atoms with E-state index in [-0.39, 0.29) is 12.0 Å². The second-order valence-corrected chi connectivity index (χ2v) is 6.02. The number of aliphatic hydroxyl groups excluding tert-OH is 1. The van der Waals surface area contributed by atoms with Gasteiger partial charge in [-0.15, -0.1) is 0 Å². The van der Waals surface area contributed by atoms with E-state index in [2.05, 4.69) is 10.3 Å². The SMILES string of the molecule is CC(C)(CO)CNc1ccc(N)c(OCC2CC2)n1. The molecule has 1 aliphatic rings. The van der Waals surface area contributed by atoms with E-state index < -0.39 is 0 Å². The van der Waals surface area contributed by atoms with Gasteiger partial charge in [0.25, 0.3) is 0 Å². The van der Waals surface area contributed by atoms with Crippen LogP contribution in [0, 0.1) is 11.3 Å². The van der Waals surface area contributed by atoms with Crippen LogP contribution in [-0.2, 0) is 0 Å². The van der Waals surface area contributed by atoms with Crippen LogP contribution in [0.5, 0.6) is 5.88 Å². The van der Waals surface area contributed by atoms with Gasteiger partial charge in [0.2, 0.25) is 5.88 Å². The second-order valence-electron chi connectivity index (χ2n) is 6.02. The number of rotatable bonds is 7. The lowest BCUT2D eigenvalue weighted by molar-refractivity contribution is 0.170. The molecule has 0 saturated heterocycles. The number of nitrogen functional groups attached to an aromatic ring is 1. The summed E-state index contributed by atoms with van der Waals surface area (Å²) < 4.78 is 5.63. The summed E-state index contributed by atoms with van der Waals surface area (Å²) in [4.78, 5) is 4.37. The first kappa shape index (κ1) is 13.9. The molecule has 1 aromatic heterocycles. The molecule has 1 heterocycles. The number of nitrogens with zero attached hydrogens (tertiary/aromatic N) is 1. The monoisotopic (exact) mass is 265 g/mol. The fourth-order valence-corrected chi connectivity index (χ4v) is 1.53. The Hall–Kier alpha value is -1.49. The van der Waals surface area contributed by atoms with Gasteiger partial charge in [0.15, 0.2) is 0 Å². The van der Waals surface area contributed by atoms with Crippen LogP contribution in [0.3, 0.4) is 0 Å². The lowest BCUT2D eigenvalue weighted by Crippen LogP contribution is -2.27. The fraction of sp³-hybridized carbons (Fsp3) is 0.643. The molecule has 1 saturated carbocycles. The van der Waals surface area contributed by atoms with Crippen LogP contribution in [-0.4, -0.2) is 29.8 Å². The van der Waals surface area contributed by atoms with Crippen molar-refractivity contribution in [2.24, 2.45) is 11.3 Å². The van der Waals surface area contributed by atoms with E-state index >= 15 is 0 Å². The number of nitrogens with two attached hydrogens (primary N) is 1. The number of pyridine rings is 1. The summed E-state index contributed by atoms with van der Waals surface area (Å²) in [7, 11) is 0. The topological polar surface area (TPSA) is 80.4 Å². The first-order valence-electron chi connectivity index (χ1n) is 6.74. The van der Waals surface area contributed by atoms with Crippen molar-refractivity contribution in [3.63, 3.8) is 0 Å². The Morgan fingerprint density at radius 3 is 2.84 bits per heavy atom. The molecule has 19 heavy (non-hydrogen) atoms. The van der Waals surface area contributed by atoms with E-state index in [1.807, 2.05) is 19.9 Å². The van der Waals surface area contributed by atoms with Crippen LogP contribution in [0.15, 0.2) is 12.1 Å². The predicted octanol–water partition coefficient (Wildman–Crippen LogP) is 1.88. The molecule has 1 aliphatic carbocycles. The first-order chi connectivity index (χ1) is 9.00. The van der Waals surface area contributed by atoms with Gasteiger partial charge in [0, 0.05) is 18.6 Å². The van der Waals surface area contributed by atoms with E-state index in [1.54, 1.807) is 6.07 Å². The Morgan fingerprint density at radius 2 is 2.21 bits per heavy atom. The molecule has 0 radical (unpaired) electrons. The summed E-state index contributed by atoms with van der Waals surface area (Å²) in [5.74, 6) is 1.89. The van der Waals surface area contributed by atoms with Crippen molar-refractivity contribution in [2.45, 2.75) is 26.7 Å². The average Bonchev–Trinajstić information content (AvgIpc) is 3.20. The molecule has 1 fully saturated rings. The third kappa shape index (κ3) is 4.28. The maximum absolute atomic E-state index is 9.22. The van der Waals surface area contributed by atoms with Crippen molar-refractivity contribution in [3.8, 4) is 5.88 Å². The molecule has 5 nitrogen and oxygen atoms in total. The van der Waals surface area contributed by atoms with Gasteiger partial charge in [0.1, 0.15) is 5.82 Å². The number of aromatic nitrogens is 1. The summed E-state index contributed by atoms with van der Waals surface area (Å²) in [6.45, 7) is 5.44. The molecule has 0 unspecified atom stereocenters. The number of hydrogen-bond acceptors (Lipinski definition) is 5. The normalized spacial score (nSPS) is 15.3. The number of anilines is 2. The highest BCUT2D eigenvalue weighted by Crippen LogP contribution is 2.30. The Bertz CT molecular complexity index is 431. The molecule has 0 atom stereocenters. The zero-order valence-corrected chi connectivity index (χ0v) is 11.6. The number of aliphatic hydroxyl groups is 1. The number of hydrogen-bond donors (Lipinski definition) is 3. The van der Waals surface area contributed by atoms with E-state index in [4.69, 9.17) is 10.5 Å². The van der Waals surface area contributed by atoms with Gasteiger partial charge >= 0.3 is 0 Å². The highest BCUT2D eigenvalue weighted by molar-refractivity contribution is 5.53. The fourth-order valence-electron chi connectivity index (χ4n) is 1.53. The largest absolute Gasteiger partial charge is 0.476 e. The van der Waals surface area contributed by atoms with Crippen LogP contribution in [0.1, 0.15) is 26.7 Å². The molecular weight excluding hydrogens is 242 g/mol. The maximum atomic E-state index is 9.22. The molecule has 2 rings (SSSR count). The van der Waals surface area contributed by atoms with Gasteiger partial charge in [-0.1, -0.05) is 13.8 Å². The summed E-state index contributed by atoms with van der Waals surface area (Å²) >= 11 is 0. The van der Waals surface area contributed by atoms with Crippen molar-refractivity contribution in [1.29, 1.82) is 0 Å². The Labute approximate surface area is 114 Å². The van der Waals surface area contributed by atoms with E-state index in [0.29, 0.717) is 30.6 Å². The highest BCUT2D eigenvalue weighted by Gasteiger charge is 2.22. The van der Waals surface area contributed by atoms with Gasteiger partial charge < -0.3 is 20.9 Å². The number of ether oxygens (including phenoxy) is 1. The van der Waals surface area contributed by atoms with Crippen LogP contribution in [0.2, 0.25) is 0 Å². The molecule has 0 spiro atoms. The summed E-state index contributed by atoms with van der Waals surface area (Å²) in [6, 6.07) is 3.62. The quantitative estimate of drug-likeness (QED) is 0.701. The third-order valence-electron chi connectivity index (χ3n) is 3.22. The molecular formula is C14H23N3O2. The predicted molar refractivity (Wildman–Crippen MR) is 76.2 cm³/mol. The lowest BCUT2D eigenvalue weighted by atomic mass is 9.95. The average molecular weight is 265 g/mol. The molecule has 0 aliphatic heterocycles. The Kier molecular flexibility index (Phi) is 4.14. The standard InChI is InChI=1S/C14H23N3O2/c1-14(2,9-18)8-16-12-6-5-11(15)13(17-12)19-7-10-3-4-10/h5-6,10,18H,3-4,7-9,15H2,1-2H3,(H,16,17). The molecule has 5 heteroatoms. The molecule has 4 N–H and O–H groups in total. The molecule has 1 aromatic rings. The van der Waals surface area contributed by atoms with Crippen molar-refractivity contribution in [1.82, 2.24) is 4.98 Å². The van der Waals surface area contributed by atoms with Gasteiger partial charge in [-0.05, 0) is 30.9 Å². The maximum Gasteiger partial charge on any atom is 0.239 e. The van der Waals surface area contributed by atoms with Crippen LogP contribution < -0.4 is 15.8 Å². The summed E-state index contributed by atoms with van der Waals surface area (Å²) in [5, 5.41) is 12.4. The van der Waals surface area contributed by atoms with Gasteiger partial charge in [0.05, 0.1) is 12.3 Å². The minimum Gasteiger partial charge on any atom is -0.476 e. The van der Waals surface area contributed by atoms with Crippen molar-refractivity contribution < 1.29 is 9.84 Å². The van der Waals surface area contributed by atoms with E-state index in [0.717, 1.165) is 5.82 Å². The van der Waals surface area contributed by atoms with Crippen LogP contribution in [0.4, 0.5) is 11.5 Å². The van der Waals surface area contributed by atoms with Crippen molar-refractivity contribution in [2.75, 3.05) is 30.8 Å². The second kappa shape index (κ2) is 5.65. The van der Waals surface area contributed by atoms with Crippen molar-refractivity contribution >= 4 is 11.5 Å². The van der Waals surface area contributed by atoms with Gasteiger partial charge in [-0.25, -0.2) is 0 Å². The Morgan fingerprint density at radius 1 is 1.47 bits per heavy atom. The third-order valence-corrected chi connectivity index (χ3v) is 3.22. The van der Waals surface area contributed by atoms with Gasteiger partial charge in [-0.3, -0.25) is 0 Å². The summed E-state index contributed by atoms with van der Waals surface area (Å²) in [6.07, 6.45) is 2.48.